The van der Waals surface area contributed by atoms with Crippen LogP contribution in [-0.4, -0.2) is 22.7 Å². The third-order valence-corrected chi connectivity index (χ3v) is 5.53. The second kappa shape index (κ2) is 6.80. The minimum Gasteiger partial charge on any atom is -0.445 e. The number of allylic oxidation sites excluding steroid dienone is 2. The molecule has 4 unspecified atom stereocenters. The molecular formula is C17H18ClNO2S. The Labute approximate surface area is 139 Å². The molecule has 1 saturated heterocycles. The van der Waals surface area contributed by atoms with Gasteiger partial charge in [0.2, 0.25) is 0 Å². The number of carbonyl (C=O) groups excluding carboxylic acids is 1. The first kappa shape index (κ1) is 15.5. The Hall–Kier alpha value is -1.39. The van der Waals surface area contributed by atoms with Crippen molar-refractivity contribution in [2.24, 2.45) is 5.92 Å². The molecular weight excluding hydrogens is 318 g/mol. The predicted molar refractivity (Wildman–Crippen MR) is 92.4 cm³/mol. The lowest BCUT2D eigenvalue weighted by Crippen LogP contribution is -2.40. The number of rotatable bonds is 2. The molecule has 1 amide bonds. The van der Waals surface area contributed by atoms with Gasteiger partial charge in [-0.3, -0.25) is 5.32 Å². The van der Waals surface area contributed by atoms with Crippen LogP contribution in [0.1, 0.15) is 13.3 Å². The van der Waals surface area contributed by atoms with E-state index >= 15 is 0 Å². The molecule has 0 radical (unpaired) electrons. The molecule has 0 saturated carbocycles. The summed E-state index contributed by atoms with van der Waals surface area (Å²) in [6, 6.07) is 9.33. The highest BCUT2D eigenvalue weighted by atomic mass is 35.5. The maximum absolute atomic E-state index is 12.1. The quantitative estimate of drug-likeness (QED) is 0.843. The van der Waals surface area contributed by atoms with Crippen molar-refractivity contribution < 1.29 is 9.53 Å². The molecule has 1 aromatic rings. The third kappa shape index (κ3) is 3.68. The number of para-hydroxylation sites is 1. The molecule has 1 N–H and O–H groups in total. The number of anilines is 1. The second-order valence-corrected chi connectivity index (χ2v) is 7.63. The predicted octanol–water partition coefficient (Wildman–Crippen LogP) is 4.81. The van der Waals surface area contributed by atoms with Gasteiger partial charge in [0.25, 0.3) is 0 Å². The summed E-state index contributed by atoms with van der Waals surface area (Å²) in [5, 5.41) is 4.26. The molecule has 1 aromatic carbocycles. The highest BCUT2D eigenvalue weighted by Crippen LogP contribution is 2.41. The number of hydrogen-bond donors (Lipinski definition) is 1. The molecule has 0 bridgehead atoms. The highest BCUT2D eigenvalue weighted by Gasteiger charge is 2.38. The Balaban J connectivity index is 1.67. The van der Waals surface area contributed by atoms with Crippen molar-refractivity contribution >= 4 is 35.1 Å². The van der Waals surface area contributed by atoms with E-state index in [0.717, 1.165) is 12.1 Å². The van der Waals surface area contributed by atoms with Crippen LogP contribution in [0.5, 0.6) is 0 Å². The molecule has 0 aromatic heterocycles. The molecule has 116 valence electrons. The molecule has 3 rings (SSSR count). The standard InChI is InChI=1S/C17H18ClNO2S/c1-11-9-15(14-10-12(18)7-8-16(14)22-11)21-17(20)19-13-5-3-2-4-6-13/h2-8,10-11,14-16H,9H2,1H3,(H,19,20). The number of hydrogen-bond acceptors (Lipinski definition) is 3. The van der Waals surface area contributed by atoms with E-state index < -0.39 is 6.09 Å². The Morgan fingerprint density at radius 1 is 1.36 bits per heavy atom. The fourth-order valence-corrected chi connectivity index (χ4v) is 4.51. The van der Waals surface area contributed by atoms with E-state index in [1.165, 1.54) is 0 Å². The first-order valence-corrected chi connectivity index (χ1v) is 8.67. The topological polar surface area (TPSA) is 38.3 Å². The SMILES string of the molecule is CC1CC(OC(=O)Nc2ccccc2)C2C=C(Cl)C=CC2S1. The zero-order valence-corrected chi connectivity index (χ0v) is 13.8. The number of amides is 1. The molecule has 3 nitrogen and oxygen atoms in total. The van der Waals surface area contributed by atoms with Gasteiger partial charge >= 0.3 is 6.09 Å². The van der Waals surface area contributed by atoms with Crippen LogP contribution < -0.4 is 5.32 Å². The molecule has 2 aliphatic rings. The van der Waals surface area contributed by atoms with Gasteiger partial charge in [-0.1, -0.05) is 48.9 Å². The third-order valence-electron chi connectivity index (χ3n) is 3.84. The summed E-state index contributed by atoms with van der Waals surface area (Å²) in [6.45, 7) is 2.17. The van der Waals surface area contributed by atoms with Gasteiger partial charge in [0.1, 0.15) is 6.10 Å². The molecule has 1 fully saturated rings. The van der Waals surface area contributed by atoms with Gasteiger partial charge in [-0.15, -0.1) is 0 Å². The van der Waals surface area contributed by atoms with Crippen LogP contribution in [0.4, 0.5) is 10.5 Å². The van der Waals surface area contributed by atoms with E-state index in [4.69, 9.17) is 16.3 Å². The monoisotopic (exact) mass is 335 g/mol. The van der Waals surface area contributed by atoms with Gasteiger partial charge < -0.3 is 4.74 Å². The van der Waals surface area contributed by atoms with E-state index in [9.17, 15) is 4.79 Å². The summed E-state index contributed by atoms with van der Waals surface area (Å²) in [5.74, 6) is 0.139. The average molecular weight is 336 g/mol. The molecule has 0 spiro atoms. The van der Waals surface area contributed by atoms with Gasteiger partial charge in [0.05, 0.1) is 0 Å². The number of carbonyl (C=O) groups is 1. The average Bonchev–Trinajstić information content (AvgIpc) is 2.49. The van der Waals surface area contributed by atoms with Crippen LogP contribution in [0.3, 0.4) is 0 Å². The summed E-state index contributed by atoms with van der Waals surface area (Å²) in [5.41, 5.74) is 0.736. The minimum absolute atomic E-state index is 0.139. The van der Waals surface area contributed by atoms with Crippen molar-refractivity contribution in [1.82, 2.24) is 0 Å². The smallest absolute Gasteiger partial charge is 0.411 e. The molecule has 22 heavy (non-hydrogen) atoms. The van der Waals surface area contributed by atoms with Crippen LogP contribution in [0, 0.1) is 5.92 Å². The van der Waals surface area contributed by atoms with Crippen LogP contribution in [0.2, 0.25) is 0 Å². The first-order chi connectivity index (χ1) is 10.6. The van der Waals surface area contributed by atoms with Crippen molar-refractivity contribution in [2.45, 2.75) is 29.9 Å². The van der Waals surface area contributed by atoms with Crippen LogP contribution >= 0.6 is 23.4 Å². The zero-order chi connectivity index (χ0) is 15.5. The Morgan fingerprint density at radius 3 is 2.91 bits per heavy atom. The lowest BCUT2D eigenvalue weighted by molar-refractivity contribution is 0.0782. The normalized spacial score (nSPS) is 30.2. The highest BCUT2D eigenvalue weighted by molar-refractivity contribution is 8.00. The first-order valence-electron chi connectivity index (χ1n) is 7.35. The van der Waals surface area contributed by atoms with E-state index in [2.05, 4.69) is 18.3 Å². The van der Waals surface area contributed by atoms with Crippen molar-refractivity contribution in [1.29, 1.82) is 0 Å². The van der Waals surface area contributed by atoms with Crippen molar-refractivity contribution in [2.75, 3.05) is 5.32 Å². The summed E-state index contributed by atoms with van der Waals surface area (Å²) in [6.07, 6.45) is 6.32. The number of ether oxygens (including phenoxy) is 1. The zero-order valence-electron chi connectivity index (χ0n) is 12.2. The summed E-state index contributed by atoms with van der Waals surface area (Å²) in [7, 11) is 0. The minimum atomic E-state index is -0.409. The number of halogens is 1. The lowest BCUT2D eigenvalue weighted by atomic mass is 9.90. The molecule has 1 aliphatic carbocycles. The molecule has 5 heteroatoms. The molecule has 1 heterocycles. The number of benzene rings is 1. The van der Waals surface area contributed by atoms with Gasteiger partial charge in [0.15, 0.2) is 0 Å². The van der Waals surface area contributed by atoms with E-state index in [1.54, 1.807) is 0 Å². The van der Waals surface area contributed by atoms with Crippen LogP contribution in [-0.2, 0) is 4.74 Å². The fourth-order valence-electron chi connectivity index (χ4n) is 2.85. The Morgan fingerprint density at radius 2 is 2.14 bits per heavy atom. The van der Waals surface area contributed by atoms with Crippen molar-refractivity contribution in [3.05, 3.63) is 53.6 Å². The molecule has 1 aliphatic heterocycles. The Bertz CT molecular complexity index is 602. The van der Waals surface area contributed by atoms with Crippen molar-refractivity contribution in [3.8, 4) is 0 Å². The maximum Gasteiger partial charge on any atom is 0.411 e. The molecule has 4 atom stereocenters. The Kier molecular flexibility index (Phi) is 4.79. The van der Waals surface area contributed by atoms with E-state index in [1.807, 2.05) is 54.2 Å². The maximum atomic E-state index is 12.1. The van der Waals surface area contributed by atoms with Gasteiger partial charge in [-0.05, 0) is 24.6 Å². The van der Waals surface area contributed by atoms with Crippen LogP contribution in [0.15, 0.2) is 53.6 Å². The fraction of sp³-hybridized carbons (Fsp3) is 0.353. The van der Waals surface area contributed by atoms with E-state index in [-0.39, 0.29) is 12.0 Å². The summed E-state index contributed by atoms with van der Waals surface area (Å²) in [4.78, 5) is 12.1. The largest absolute Gasteiger partial charge is 0.445 e. The van der Waals surface area contributed by atoms with Gasteiger partial charge in [-0.25, -0.2) is 4.79 Å². The summed E-state index contributed by atoms with van der Waals surface area (Å²) < 4.78 is 5.68. The summed E-state index contributed by atoms with van der Waals surface area (Å²) >= 11 is 8.02. The van der Waals surface area contributed by atoms with Crippen LogP contribution in [0.25, 0.3) is 0 Å². The number of thioether (sulfide) groups is 1. The van der Waals surface area contributed by atoms with Gasteiger partial charge in [0, 0.05) is 27.1 Å². The van der Waals surface area contributed by atoms with Crippen molar-refractivity contribution in [3.63, 3.8) is 0 Å². The lowest BCUT2D eigenvalue weighted by Gasteiger charge is -2.38. The number of nitrogens with one attached hydrogen (secondary N) is 1. The second-order valence-electron chi connectivity index (χ2n) is 5.57. The number of fused-ring (bicyclic) bond motifs is 1. The van der Waals surface area contributed by atoms with Gasteiger partial charge in [-0.2, -0.15) is 11.8 Å². The van der Waals surface area contributed by atoms with E-state index in [0.29, 0.717) is 15.5 Å².